The SMILES string of the molecule is C=CC(=O)OCC/C(F)=C/Cl. The fourth-order valence-electron chi connectivity index (χ4n) is 0.363. The summed E-state index contributed by atoms with van der Waals surface area (Å²) < 4.78 is 16.7. The molecule has 0 saturated heterocycles. The van der Waals surface area contributed by atoms with E-state index in [0.29, 0.717) is 0 Å². The summed E-state index contributed by atoms with van der Waals surface area (Å²) >= 11 is 5.00. The van der Waals surface area contributed by atoms with Gasteiger partial charge in [-0.1, -0.05) is 18.2 Å². The summed E-state index contributed by atoms with van der Waals surface area (Å²) in [6, 6.07) is 0. The molecule has 0 aliphatic rings. The van der Waals surface area contributed by atoms with Crippen LogP contribution in [0.2, 0.25) is 0 Å². The molecule has 0 aliphatic carbocycles. The summed E-state index contributed by atoms with van der Waals surface area (Å²) in [5, 5.41) is 0. The topological polar surface area (TPSA) is 26.3 Å². The van der Waals surface area contributed by atoms with Crippen molar-refractivity contribution in [1.29, 1.82) is 0 Å². The largest absolute Gasteiger partial charge is 0.462 e. The van der Waals surface area contributed by atoms with Crippen LogP contribution in [0.3, 0.4) is 0 Å². The Morgan fingerprint density at radius 1 is 1.73 bits per heavy atom. The molecule has 0 N–H and O–H groups in total. The molecule has 0 spiro atoms. The molecule has 0 aliphatic heterocycles. The van der Waals surface area contributed by atoms with Gasteiger partial charge < -0.3 is 4.74 Å². The molecule has 11 heavy (non-hydrogen) atoms. The molecule has 2 nitrogen and oxygen atoms in total. The Morgan fingerprint density at radius 3 is 2.82 bits per heavy atom. The van der Waals surface area contributed by atoms with Gasteiger partial charge in [0.1, 0.15) is 5.83 Å². The highest BCUT2D eigenvalue weighted by molar-refractivity contribution is 6.25. The minimum absolute atomic E-state index is 0.00306. The van der Waals surface area contributed by atoms with Gasteiger partial charge in [0, 0.05) is 18.0 Å². The zero-order chi connectivity index (χ0) is 8.69. The Labute approximate surface area is 69.3 Å². The first-order valence-corrected chi connectivity index (χ1v) is 3.38. The normalized spacial score (nSPS) is 10.9. The summed E-state index contributed by atoms with van der Waals surface area (Å²) in [4.78, 5) is 10.4. The monoisotopic (exact) mass is 178 g/mol. The fraction of sp³-hybridized carbons (Fsp3) is 0.286. The zero-order valence-corrected chi connectivity index (χ0v) is 6.60. The number of halogens is 2. The molecule has 0 aromatic rings. The number of rotatable bonds is 4. The van der Waals surface area contributed by atoms with Gasteiger partial charge in [0.2, 0.25) is 0 Å². The molecule has 0 heterocycles. The van der Waals surface area contributed by atoms with Gasteiger partial charge in [-0.25, -0.2) is 9.18 Å². The van der Waals surface area contributed by atoms with Crippen molar-refractivity contribution < 1.29 is 13.9 Å². The van der Waals surface area contributed by atoms with Gasteiger partial charge in [-0.3, -0.25) is 0 Å². The van der Waals surface area contributed by atoms with E-state index in [2.05, 4.69) is 11.3 Å². The average Bonchev–Trinajstić information content (AvgIpc) is 2.04. The third-order valence-electron chi connectivity index (χ3n) is 0.870. The van der Waals surface area contributed by atoms with E-state index >= 15 is 0 Å². The van der Waals surface area contributed by atoms with E-state index in [1.807, 2.05) is 0 Å². The second kappa shape index (κ2) is 5.92. The van der Waals surface area contributed by atoms with Gasteiger partial charge in [-0.15, -0.1) is 0 Å². The predicted molar refractivity (Wildman–Crippen MR) is 40.8 cm³/mol. The second-order valence-corrected chi connectivity index (χ2v) is 1.90. The first-order valence-electron chi connectivity index (χ1n) is 2.94. The maximum absolute atomic E-state index is 12.2. The lowest BCUT2D eigenvalue weighted by Gasteiger charge is -1.98. The van der Waals surface area contributed by atoms with Crippen molar-refractivity contribution in [2.24, 2.45) is 0 Å². The molecular formula is C7H8ClFO2. The predicted octanol–water partition coefficient (Wildman–Crippen LogP) is 2.16. The standard InChI is InChI=1S/C7H8ClFO2/c1-2-7(10)11-4-3-6(9)5-8/h2,5H,1,3-4H2/b6-5-. The Hall–Kier alpha value is -0.830. The lowest BCUT2D eigenvalue weighted by molar-refractivity contribution is -0.137. The van der Waals surface area contributed by atoms with Crippen LogP contribution in [0, 0.1) is 0 Å². The quantitative estimate of drug-likeness (QED) is 0.487. The van der Waals surface area contributed by atoms with E-state index in [9.17, 15) is 9.18 Å². The van der Waals surface area contributed by atoms with Gasteiger partial charge in [-0.2, -0.15) is 0 Å². The van der Waals surface area contributed by atoms with E-state index in [1.54, 1.807) is 0 Å². The first-order chi connectivity index (χ1) is 5.20. The summed E-state index contributed by atoms with van der Waals surface area (Å²) in [5.41, 5.74) is 0.807. The van der Waals surface area contributed by atoms with Crippen LogP contribution in [-0.4, -0.2) is 12.6 Å². The summed E-state index contributed by atoms with van der Waals surface area (Å²) in [6.07, 6.45) is 1.02. The van der Waals surface area contributed by atoms with Crippen LogP contribution in [0.25, 0.3) is 0 Å². The smallest absolute Gasteiger partial charge is 0.330 e. The molecule has 0 saturated carbocycles. The fourth-order valence-corrected chi connectivity index (χ4v) is 0.472. The molecule has 0 aromatic carbocycles. The maximum atomic E-state index is 12.2. The third-order valence-corrected chi connectivity index (χ3v) is 1.11. The molecule has 0 unspecified atom stereocenters. The van der Waals surface area contributed by atoms with Crippen LogP contribution < -0.4 is 0 Å². The van der Waals surface area contributed by atoms with E-state index in [1.165, 1.54) is 0 Å². The van der Waals surface area contributed by atoms with Crippen LogP contribution >= 0.6 is 11.6 Å². The lowest BCUT2D eigenvalue weighted by Crippen LogP contribution is -2.01. The van der Waals surface area contributed by atoms with E-state index in [4.69, 9.17) is 11.6 Å². The zero-order valence-electron chi connectivity index (χ0n) is 5.85. The van der Waals surface area contributed by atoms with E-state index in [-0.39, 0.29) is 13.0 Å². The van der Waals surface area contributed by atoms with E-state index in [0.717, 1.165) is 11.6 Å². The molecule has 0 atom stereocenters. The van der Waals surface area contributed by atoms with Crippen molar-refractivity contribution in [3.05, 3.63) is 24.0 Å². The van der Waals surface area contributed by atoms with Gasteiger partial charge in [0.25, 0.3) is 0 Å². The van der Waals surface area contributed by atoms with Crippen LogP contribution in [-0.2, 0) is 9.53 Å². The third kappa shape index (κ3) is 5.61. The van der Waals surface area contributed by atoms with Crippen LogP contribution in [0.4, 0.5) is 4.39 Å². The van der Waals surface area contributed by atoms with E-state index < -0.39 is 11.8 Å². The molecule has 0 aromatic heterocycles. The number of ether oxygens (including phenoxy) is 1. The van der Waals surface area contributed by atoms with Crippen LogP contribution in [0.1, 0.15) is 6.42 Å². The minimum Gasteiger partial charge on any atom is -0.462 e. The Bertz CT molecular complexity index is 175. The van der Waals surface area contributed by atoms with Crippen molar-refractivity contribution in [2.45, 2.75) is 6.42 Å². The van der Waals surface area contributed by atoms with Gasteiger partial charge >= 0.3 is 5.97 Å². The molecule has 0 rings (SSSR count). The van der Waals surface area contributed by atoms with Crippen molar-refractivity contribution in [1.82, 2.24) is 0 Å². The Balaban J connectivity index is 3.42. The molecule has 62 valence electrons. The van der Waals surface area contributed by atoms with Crippen LogP contribution in [0.15, 0.2) is 24.0 Å². The van der Waals surface area contributed by atoms with Crippen molar-refractivity contribution in [3.8, 4) is 0 Å². The first kappa shape index (κ1) is 10.2. The number of esters is 1. The molecule has 4 heteroatoms. The molecule has 0 amide bonds. The molecule has 0 bridgehead atoms. The van der Waals surface area contributed by atoms with Gasteiger partial charge in [0.05, 0.1) is 6.61 Å². The average molecular weight is 179 g/mol. The molecule has 0 radical (unpaired) electrons. The Kier molecular flexibility index (Phi) is 5.47. The van der Waals surface area contributed by atoms with Gasteiger partial charge in [0.15, 0.2) is 0 Å². The van der Waals surface area contributed by atoms with Crippen molar-refractivity contribution in [3.63, 3.8) is 0 Å². The van der Waals surface area contributed by atoms with Gasteiger partial charge in [-0.05, 0) is 0 Å². The second-order valence-electron chi connectivity index (χ2n) is 1.68. The lowest BCUT2D eigenvalue weighted by atomic mass is 10.4. The summed E-state index contributed by atoms with van der Waals surface area (Å²) in [6.45, 7) is 3.16. The highest BCUT2D eigenvalue weighted by Gasteiger charge is 1.97. The number of carbonyl (C=O) groups excluding carboxylic acids is 1. The number of carbonyl (C=O) groups is 1. The van der Waals surface area contributed by atoms with Crippen molar-refractivity contribution >= 4 is 17.6 Å². The molecule has 0 fully saturated rings. The van der Waals surface area contributed by atoms with Crippen molar-refractivity contribution in [2.75, 3.05) is 6.61 Å². The number of hydrogen-bond acceptors (Lipinski definition) is 2. The van der Waals surface area contributed by atoms with Crippen LogP contribution in [0.5, 0.6) is 0 Å². The summed E-state index contributed by atoms with van der Waals surface area (Å²) in [5.74, 6) is -1.07. The summed E-state index contributed by atoms with van der Waals surface area (Å²) in [7, 11) is 0. The minimum atomic E-state index is -0.563. The molecular weight excluding hydrogens is 171 g/mol. The Morgan fingerprint density at radius 2 is 2.36 bits per heavy atom. The highest BCUT2D eigenvalue weighted by atomic mass is 35.5. The highest BCUT2D eigenvalue weighted by Crippen LogP contribution is 2.04. The number of hydrogen-bond donors (Lipinski definition) is 0. The maximum Gasteiger partial charge on any atom is 0.330 e.